The lowest BCUT2D eigenvalue weighted by atomic mass is 10.00. The molecule has 0 spiro atoms. The third-order valence-electron chi connectivity index (χ3n) is 3.57. The summed E-state index contributed by atoms with van der Waals surface area (Å²) in [4.78, 5) is 11.3. The highest BCUT2D eigenvalue weighted by Crippen LogP contribution is 2.38. The van der Waals surface area contributed by atoms with Crippen LogP contribution in [0.25, 0.3) is 11.1 Å². The van der Waals surface area contributed by atoms with Gasteiger partial charge in [-0.15, -0.1) is 0 Å². The van der Waals surface area contributed by atoms with Gasteiger partial charge >= 0.3 is 10.2 Å². The summed E-state index contributed by atoms with van der Waals surface area (Å²) in [5.41, 5.74) is 1.47. The predicted octanol–water partition coefficient (Wildman–Crippen LogP) is 1.69. The van der Waals surface area contributed by atoms with Gasteiger partial charge in [0.2, 0.25) is 0 Å². The van der Waals surface area contributed by atoms with Gasteiger partial charge in [-0.1, -0.05) is 24.3 Å². The second-order valence-corrected chi connectivity index (χ2v) is 6.77. The van der Waals surface area contributed by atoms with Gasteiger partial charge in [-0.2, -0.15) is 8.42 Å². The van der Waals surface area contributed by atoms with Crippen LogP contribution in [0.4, 0.5) is 10.1 Å². The van der Waals surface area contributed by atoms with E-state index >= 15 is 0 Å². The van der Waals surface area contributed by atoms with Gasteiger partial charge in [-0.25, -0.2) is 13.4 Å². The van der Waals surface area contributed by atoms with E-state index in [9.17, 15) is 22.7 Å². The van der Waals surface area contributed by atoms with Crippen LogP contribution in [0.3, 0.4) is 0 Å². The zero-order valence-corrected chi connectivity index (χ0v) is 12.9. The van der Waals surface area contributed by atoms with Crippen LogP contribution in [0, 0.1) is 12.7 Å². The predicted molar refractivity (Wildman–Crippen MR) is 82.6 cm³/mol. The van der Waals surface area contributed by atoms with Gasteiger partial charge in [0.25, 0.3) is 5.91 Å². The number of rotatable bonds is 2. The molecule has 1 aliphatic rings. The number of anilines is 1. The molecule has 23 heavy (non-hydrogen) atoms. The maximum absolute atomic E-state index is 14.4. The standard InChI is InChI=1S/C15H13FN2O4S/c1-9-4-2-3-5-11(9)10-6-12(16)15(13(19)7-10)18-8-14(20)17-23(18,21)22/h2-7,19H,8H2,1H3,(H,17,20). The molecular formula is C15H13FN2O4S. The summed E-state index contributed by atoms with van der Waals surface area (Å²) in [6.07, 6.45) is 0. The number of nitrogens with one attached hydrogen (secondary N) is 1. The summed E-state index contributed by atoms with van der Waals surface area (Å²) < 4.78 is 40.3. The van der Waals surface area contributed by atoms with Crippen molar-refractivity contribution >= 4 is 21.8 Å². The van der Waals surface area contributed by atoms with Crippen molar-refractivity contribution in [3.05, 3.63) is 47.8 Å². The number of phenols is 1. The van der Waals surface area contributed by atoms with Crippen molar-refractivity contribution in [2.75, 3.05) is 10.8 Å². The topological polar surface area (TPSA) is 86.7 Å². The Bertz CT molecular complexity index is 888. The third kappa shape index (κ3) is 2.61. The van der Waals surface area contributed by atoms with Gasteiger partial charge in [-0.05, 0) is 35.7 Å². The molecule has 0 saturated carbocycles. The molecule has 1 heterocycles. The highest BCUT2D eigenvalue weighted by Gasteiger charge is 2.37. The molecule has 2 aromatic rings. The first kappa shape index (κ1) is 15.3. The largest absolute Gasteiger partial charge is 0.506 e. The quantitative estimate of drug-likeness (QED) is 0.874. The average molecular weight is 336 g/mol. The van der Waals surface area contributed by atoms with Crippen LogP contribution in [0.5, 0.6) is 5.75 Å². The van der Waals surface area contributed by atoms with Gasteiger partial charge in [0.05, 0.1) is 0 Å². The maximum atomic E-state index is 14.4. The van der Waals surface area contributed by atoms with Crippen LogP contribution in [-0.2, 0) is 15.0 Å². The Morgan fingerprint density at radius 3 is 2.52 bits per heavy atom. The van der Waals surface area contributed by atoms with Crippen molar-refractivity contribution in [3.8, 4) is 16.9 Å². The Hall–Kier alpha value is -2.61. The normalized spacial score (nSPS) is 16.4. The SMILES string of the molecule is Cc1ccccc1-c1cc(O)c(N2CC(=O)NS2(=O)=O)c(F)c1. The van der Waals surface area contributed by atoms with Gasteiger partial charge < -0.3 is 5.11 Å². The molecule has 0 aromatic heterocycles. The molecule has 2 N–H and O–H groups in total. The fraction of sp³-hybridized carbons (Fsp3) is 0.133. The minimum absolute atomic E-state index is 0.415. The Kier molecular flexibility index (Phi) is 3.48. The summed E-state index contributed by atoms with van der Waals surface area (Å²) in [7, 11) is -4.19. The molecular weight excluding hydrogens is 323 g/mol. The van der Waals surface area contributed by atoms with Crippen molar-refractivity contribution in [1.29, 1.82) is 0 Å². The molecule has 1 saturated heterocycles. The molecule has 0 bridgehead atoms. The van der Waals surface area contributed by atoms with E-state index in [1.165, 1.54) is 6.07 Å². The zero-order valence-electron chi connectivity index (χ0n) is 12.1. The minimum atomic E-state index is -4.19. The number of amides is 1. The average Bonchev–Trinajstić information content (AvgIpc) is 2.71. The van der Waals surface area contributed by atoms with E-state index in [-0.39, 0.29) is 0 Å². The Balaban J connectivity index is 2.13. The lowest BCUT2D eigenvalue weighted by molar-refractivity contribution is -0.117. The first-order valence-electron chi connectivity index (χ1n) is 6.71. The molecule has 0 radical (unpaired) electrons. The molecule has 6 nitrogen and oxygen atoms in total. The van der Waals surface area contributed by atoms with Crippen LogP contribution >= 0.6 is 0 Å². The van der Waals surface area contributed by atoms with Crippen LogP contribution < -0.4 is 9.03 Å². The first-order chi connectivity index (χ1) is 10.8. The van der Waals surface area contributed by atoms with E-state index in [0.717, 1.165) is 11.6 Å². The number of nitrogens with zero attached hydrogens (tertiary/aromatic N) is 1. The van der Waals surface area contributed by atoms with Gasteiger partial charge in [0, 0.05) is 0 Å². The molecule has 8 heteroatoms. The molecule has 0 aliphatic carbocycles. The number of aromatic hydroxyl groups is 1. The summed E-state index contributed by atoms with van der Waals surface area (Å²) in [6, 6.07) is 9.62. The Morgan fingerprint density at radius 1 is 1.26 bits per heavy atom. The van der Waals surface area contributed by atoms with Crippen molar-refractivity contribution in [1.82, 2.24) is 4.72 Å². The Labute approximate surface area is 132 Å². The number of hydrogen-bond donors (Lipinski definition) is 2. The number of carbonyl (C=O) groups is 1. The summed E-state index contributed by atoms with van der Waals surface area (Å²) in [6.45, 7) is 1.27. The lowest BCUT2D eigenvalue weighted by Gasteiger charge is -2.18. The van der Waals surface area contributed by atoms with Crippen LogP contribution in [0.1, 0.15) is 5.56 Å². The fourth-order valence-corrected chi connectivity index (χ4v) is 3.70. The van der Waals surface area contributed by atoms with E-state index in [1.54, 1.807) is 16.9 Å². The van der Waals surface area contributed by atoms with Crippen LogP contribution in [0.2, 0.25) is 0 Å². The molecule has 3 rings (SSSR count). The number of carbonyl (C=O) groups excluding carboxylic acids is 1. The molecule has 1 amide bonds. The van der Waals surface area contributed by atoms with Crippen molar-refractivity contribution in [2.24, 2.45) is 0 Å². The molecule has 1 fully saturated rings. The monoisotopic (exact) mass is 336 g/mol. The van der Waals surface area contributed by atoms with Crippen LogP contribution in [-0.4, -0.2) is 26.0 Å². The van der Waals surface area contributed by atoms with Crippen molar-refractivity contribution in [2.45, 2.75) is 6.92 Å². The molecule has 0 unspecified atom stereocenters. The van der Waals surface area contributed by atoms with E-state index in [0.29, 0.717) is 15.4 Å². The van der Waals surface area contributed by atoms with E-state index in [2.05, 4.69) is 0 Å². The third-order valence-corrected chi connectivity index (χ3v) is 4.95. The van der Waals surface area contributed by atoms with Gasteiger partial charge in [0.15, 0.2) is 5.82 Å². The van der Waals surface area contributed by atoms with E-state index in [4.69, 9.17) is 0 Å². The number of phenolic OH excluding ortho intramolecular Hbond substituents is 1. The van der Waals surface area contributed by atoms with Gasteiger partial charge in [-0.3, -0.25) is 4.79 Å². The van der Waals surface area contributed by atoms with E-state index in [1.807, 2.05) is 19.1 Å². The smallest absolute Gasteiger partial charge is 0.326 e. The molecule has 0 atom stereocenters. The minimum Gasteiger partial charge on any atom is -0.506 e. The van der Waals surface area contributed by atoms with Gasteiger partial charge in [0.1, 0.15) is 18.0 Å². The molecule has 2 aromatic carbocycles. The lowest BCUT2D eigenvalue weighted by Crippen LogP contribution is -2.30. The summed E-state index contributed by atoms with van der Waals surface area (Å²) >= 11 is 0. The maximum Gasteiger partial charge on any atom is 0.326 e. The Morgan fingerprint density at radius 2 is 1.96 bits per heavy atom. The van der Waals surface area contributed by atoms with Crippen molar-refractivity contribution in [3.63, 3.8) is 0 Å². The highest BCUT2D eigenvalue weighted by molar-refractivity contribution is 7.92. The van der Waals surface area contributed by atoms with Crippen molar-refractivity contribution < 1.29 is 22.7 Å². The van der Waals surface area contributed by atoms with E-state index < -0.39 is 39.9 Å². The number of aryl methyl sites for hydroxylation is 1. The zero-order chi connectivity index (χ0) is 16.8. The summed E-state index contributed by atoms with van der Waals surface area (Å²) in [5.74, 6) is -2.27. The number of halogens is 1. The van der Waals surface area contributed by atoms with Crippen LogP contribution in [0.15, 0.2) is 36.4 Å². The second kappa shape index (κ2) is 5.24. The molecule has 120 valence electrons. The number of hydrogen-bond acceptors (Lipinski definition) is 4. The highest BCUT2D eigenvalue weighted by atomic mass is 32.2. The molecule has 1 aliphatic heterocycles. The first-order valence-corrected chi connectivity index (χ1v) is 8.15. The second-order valence-electron chi connectivity index (χ2n) is 5.18. The number of benzene rings is 2. The fourth-order valence-electron chi connectivity index (χ4n) is 2.53. The summed E-state index contributed by atoms with van der Waals surface area (Å²) in [5, 5.41) is 10.1.